The van der Waals surface area contributed by atoms with Crippen molar-refractivity contribution >= 4 is 11.7 Å². The fourth-order valence-electron chi connectivity index (χ4n) is 1.44. The number of halogens is 2. The van der Waals surface area contributed by atoms with Crippen LogP contribution in [0.25, 0.3) is 0 Å². The van der Waals surface area contributed by atoms with Crippen molar-refractivity contribution in [1.29, 1.82) is 5.26 Å². The number of nitriles is 1. The summed E-state index contributed by atoms with van der Waals surface area (Å²) in [6.07, 6.45) is -3.99. The van der Waals surface area contributed by atoms with Crippen molar-refractivity contribution in [3.8, 4) is 6.07 Å². The Morgan fingerprint density at radius 3 is 2.56 bits per heavy atom. The van der Waals surface area contributed by atoms with Crippen molar-refractivity contribution in [2.24, 2.45) is 0 Å². The molecule has 0 aliphatic heterocycles. The Bertz CT molecular complexity index is 552. The molecule has 0 heterocycles. The molecule has 0 aliphatic rings. The third kappa shape index (κ3) is 2.76. The van der Waals surface area contributed by atoms with E-state index >= 15 is 0 Å². The fourth-order valence-corrected chi connectivity index (χ4v) is 1.44. The van der Waals surface area contributed by atoms with Crippen LogP contribution in [0.3, 0.4) is 0 Å². The largest absolute Gasteiger partial charge is 0.481 e. The number of nitro benzene ring substituents is 1. The van der Waals surface area contributed by atoms with Gasteiger partial charge in [-0.2, -0.15) is 5.26 Å². The van der Waals surface area contributed by atoms with Gasteiger partial charge in [-0.3, -0.25) is 14.9 Å². The molecule has 94 valence electrons. The molecule has 0 saturated carbocycles. The SMILES string of the molecule is N#Cc1cc(C(F)F)c(CC(=O)O)c([N+](=O)[O-])c1. The van der Waals surface area contributed by atoms with E-state index in [9.17, 15) is 23.7 Å². The van der Waals surface area contributed by atoms with Crippen LogP contribution in [-0.2, 0) is 11.2 Å². The summed E-state index contributed by atoms with van der Waals surface area (Å²) in [6, 6.07) is 3.05. The predicted molar refractivity (Wildman–Crippen MR) is 54.1 cm³/mol. The van der Waals surface area contributed by atoms with Crippen molar-refractivity contribution in [3.63, 3.8) is 0 Å². The lowest BCUT2D eigenvalue weighted by Gasteiger charge is -2.08. The van der Waals surface area contributed by atoms with Crippen molar-refractivity contribution in [2.75, 3.05) is 0 Å². The zero-order chi connectivity index (χ0) is 13.9. The fraction of sp³-hybridized carbons (Fsp3) is 0.200. The van der Waals surface area contributed by atoms with Gasteiger partial charge in [0.15, 0.2) is 0 Å². The average molecular weight is 256 g/mol. The topological polar surface area (TPSA) is 104 Å². The quantitative estimate of drug-likeness (QED) is 0.655. The highest BCUT2D eigenvalue weighted by Crippen LogP contribution is 2.31. The number of carbonyl (C=O) groups is 1. The molecule has 1 rings (SSSR count). The number of rotatable bonds is 4. The molecule has 1 N–H and O–H groups in total. The van der Waals surface area contributed by atoms with Crippen LogP contribution in [-0.4, -0.2) is 16.0 Å². The molecule has 8 heteroatoms. The first kappa shape index (κ1) is 13.5. The van der Waals surface area contributed by atoms with Crippen LogP contribution in [0.15, 0.2) is 12.1 Å². The second-order valence-electron chi connectivity index (χ2n) is 3.30. The van der Waals surface area contributed by atoms with E-state index in [1.165, 1.54) is 6.07 Å². The summed E-state index contributed by atoms with van der Waals surface area (Å²) in [5.41, 5.74) is -2.48. The second kappa shape index (κ2) is 5.18. The van der Waals surface area contributed by atoms with E-state index in [1.807, 2.05) is 0 Å². The van der Waals surface area contributed by atoms with Gasteiger partial charge in [-0.25, -0.2) is 8.78 Å². The molecule has 0 unspecified atom stereocenters. The van der Waals surface area contributed by atoms with Crippen LogP contribution >= 0.6 is 0 Å². The summed E-state index contributed by atoms with van der Waals surface area (Å²) in [5, 5.41) is 27.9. The Morgan fingerprint density at radius 1 is 1.56 bits per heavy atom. The summed E-state index contributed by atoms with van der Waals surface area (Å²) < 4.78 is 25.4. The molecule has 18 heavy (non-hydrogen) atoms. The van der Waals surface area contributed by atoms with Gasteiger partial charge in [-0.15, -0.1) is 0 Å². The minimum atomic E-state index is -3.09. The molecule has 0 saturated heterocycles. The van der Waals surface area contributed by atoms with Gasteiger partial charge in [-0.1, -0.05) is 0 Å². The first-order valence-corrected chi connectivity index (χ1v) is 4.58. The molecule has 0 aromatic heterocycles. The molecular weight excluding hydrogens is 250 g/mol. The molecular formula is C10H6F2N2O4. The summed E-state index contributed by atoms with van der Waals surface area (Å²) in [7, 11) is 0. The predicted octanol–water partition coefficient (Wildman–Crippen LogP) is 2.03. The molecule has 1 aromatic carbocycles. The van der Waals surface area contributed by atoms with Crippen LogP contribution < -0.4 is 0 Å². The van der Waals surface area contributed by atoms with Gasteiger partial charge >= 0.3 is 5.97 Å². The van der Waals surface area contributed by atoms with Crippen LogP contribution in [0.1, 0.15) is 23.1 Å². The van der Waals surface area contributed by atoms with Gasteiger partial charge in [0.25, 0.3) is 12.1 Å². The number of nitrogens with zero attached hydrogens (tertiary/aromatic N) is 2. The summed E-state index contributed by atoms with van der Waals surface area (Å²) in [5.74, 6) is -1.47. The third-order valence-electron chi connectivity index (χ3n) is 2.15. The Hall–Kier alpha value is -2.56. The first-order chi connectivity index (χ1) is 8.36. The Balaban J connectivity index is 3.56. The molecule has 0 bridgehead atoms. The normalized spacial score (nSPS) is 10.1. The lowest BCUT2D eigenvalue weighted by atomic mass is 9.99. The zero-order valence-electron chi connectivity index (χ0n) is 8.76. The molecule has 1 aromatic rings. The minimum absolute atomic E-state index is 0.314. The Kier molecular flexibility index (Phi) is 3.89. The number of alkyl halides is 2. The minimum Gasteiger partial charge on any atom is -0.481 e. The summed E-state index contributed by atoms with van der Waals surface area (Å²) in [4.78, 5) is 20.3. The van der Waals surface area contributed by atoms with Crippen LogP contribution in [0, 0.1) is 21.4 Å². The summed E-state index contributed by atoms with van der Waals surface area (Å²) in [6.45, 7) is 0. The molecule has 0 amide bonds. The standard InChI is InChI=1S/C10H6F2N2O4/c11-10(12)7-1-5(4-13)2-8(14(17)18)6(7)3-9(15)16/h1-2,10H,3H2,(H,15,16). The van der Waals surface area contributed by atoms with Crippen LogP contribution in [0.5, 0.6) is 0 Å². The number of carboxylic acids is 1. The van der Waals surface area contributed by atoms with E-state index in [4.69, 9.17) is 10.4 Å². The molecule has 6 nitrogen and oxygen atoms in total. The lowest BCUT2D eigenvalue weighted by molar-refractivity contribution is -0.385. The third-order valence-corrected chi connectivity index (χ3v) is 2.15. The van der Waals surface area contributed by atoms with Gasteiger partial charge in [0, 0.05) is 17.2 Å². The first-order valence-electron chi connectivity index (χ1n) is 4.58. The zero-order valence-corrected chi connectivity index (χ0v) is 8.76. The van der Waals surface area contributed by atoms with E-state index in [2.05, 4.69) is 0 Å². The monoisotopic (exact) mass is 256 g/mol. The molecule has 0 atom stereocenters. The Morgan fingerprint density at radius 2 is 2.17 bits per heavy atom. The van der Waals surface area contributed by atoms with Gasteiger partial charge in [0.05, 0.1) is 23.0 Å². The molecule has 0 aliphatic carbocycles. The van der Waals surface area contributed by atoms with Gasteiger partial charge in [0.2, 0.25) is 0 Å². The lowest BCUT2D eigenvalue weighted by Crippen LogP contribution is -2.08. The number of benzene rings is 1. The van der Waals surface area contributed by atoms with Gasteiger partial charge < -0.3 is 5.11 Å². The smallest absolute Gasteiger partial charge is 0.308 e. The van der Waals surface area contributed by atoms with Gasteiger partial charge in [0.1, 0.15) is 0 Å². The molecule has 0 radical (unpaired) electrons. The number of hydrogen-bond donors (Lipinski definition) is 1. The van der Waals surface area contributed by atoms with E-state index in [-0.39, 0.29) is 5.56 Å². The average Bonchev–Trinajstić information content (AvgIpc) is 2.27. The molecule has 0 spiro atoms. The number of nitro groups is 1. The van der Waals surface area contributed by atoms with Crippen LogP contribution in [0.2, 0.25) is 0 Å². The van der Waals surface area contributed by atoms with Crippen molar-refractivity contribution in [2.45, 2.75) is 12.8 Å². The molecule has 0 fully saturated rings. The van der Waals surface area contributed by atoms with Crippen LogP contribution in [0.4, 0.5) is 14.5 Å². The highest BCUT2D eigenvalue weighted by Gasteiger charge is 2.25. The Labute approximate surface area is 99.2 Å². The maximum atomic E-state index is 12.7. The highest BCUT2D eigenvalue weighted by atomic mass is 19.3. The second-order valence-corrected chi connectivity index (χ2v) is 3.30. The number of carboxylic acid groups (broad SMARTS) is 1. The van der Waals surface area contributed by atoms with E-state index in [0.717, 1.165) is 12.1 Å². The van der Waals surface area contributed by atoms with Crippen molar-refractivity contribution < 1.29 is 23.6 Å². The maximum Gasteiger partial charge on any atom is 0.308 e. The number of aliphatic carboxylic acids is 1. The van der Waals surface area contributed by atoms with E-state index in [1.54, 1.807) is 0 Å². The van der Waals surface area contributed by atoms with E-state index < -0.39 is 40.6 Å². The number of hydrogen-bond acceptors (Lipinski definition) is 4. The van der Waals surface area contributed by atoms with E-state index in [0.29, 0.717) is 0 Å². The summed E-state index contributed by atoms with van der Waals surface area (Å²) >= 11 is 0. The van der Waals surface area contributed by atoms with Gasteiger partial charge in [-0.05, 0) is 6.07 Å². The highest BCUT2D eigenvalue weighted by molar-refractivity contribution is 5.73. The maximum absolute atomic E-state index is 12.7. The van der Waals surface area contributed by atoms with Crippen molar-refractivity contribution in [1.82, 2.24) is 0 Å². The van der Waals surface area contributed by atoms with Crippen molar-refractivity contribution in [3.05, 3.63) is 38.9 Å².